The van der Waals surface area contributed by atoms with Crippen LogP contribution >= 0.6 is 15.9 Å². The van der Waals surface area contributed by atoms with Gasteiger partial charge in [0.2, 0.25) is 0 Å². The Balaban J connectivity index is 1.94. The third-order valence-electron chi connectivity index (χ3n) is 3.79. The van der Waals surface area contributed by atoms with Crippen molar-refractivity contribution in [1.82, 2.24) is 5.32 Å². The molecule has 1 aliphatic carbocycles. The molecule has 1 N–H and O–H groups in total. The topological polar surface area (TPSA) is 12.0 Å². The summed E-state index contributed by atoms with van der Waals surface area (Å²) in [5.41, 5.74) is 1.83. The van der Waals surface area contributed by atoms with Crippen LogP contribution in [0.3, 0.4) is 0 Å². The van der Waals surface area contributed by atoms with Crippen molar-refractivity contribution in [3.05, 3.63) is 34.3 Å². The van der Waals surface area contributed by atoms with E-state index in [1.807, 2.05) is 0 Å². The van der Waals surface area contributed by atoms with Crippen LogP contribution in [0.5, 0.6) is 0 Å². The number of rotatable bonds is 6. The van der Waals surface area contributed by atoms with Crippen LogP contribution in [0.25, 0.3) is 0 Å². The number of hydrogen-bond acceptors (Lipinski definition) is 1. The van der Waals surface area contributed by atoms with Crippen LogP contribution in [0, 0.1) is 5.41 Å². The highest BCUT2D eigenvalue weighted by Gasteiger charge is 2.27. The molecule has 2 rings (SSSR count). The van der Waals surface area contributed by atoms with Crippen molar-refractivity contribution >= 4 is 15.9 Å². The van der Waals surface area contributed by atoms with E-state index >= 15 is 0 Å². The first-order valence-corrected chi connectivity index (χ1v) is 7.38. The zero-order chi connectivity index (χ0) is 12.3. The lowest BCUT2D eigenvalue weighted by molar-refractivity contribution is 0.289. The number of halogens is 1. The minimum Gasteiger partial charge on any atom is -0.313 e. The number of hydrogen-bond donors (Lipinski definition) is 1. The van der Waals surface area contributed by atoms with E-state index in [0.29, 0.717) is 5.41 Å². The fourth-order valence-corrected chi connectivity index (χ4v) is 2.35. The van der Waals surface area contributed by atoms with Crippen LogP contribution in [0.15, 0.2) is 28.7 Å². The summed E-state index contributed by atoms with van der Waals surface area (Å²) in [6, 6.07) is 9.55. The fourth-order valence-electron chi connectivity index (χ4n) is 2.09. The number of benzene rings is 1. The smallest absolute Gasteiger partial charge is 0.0175 e. The summed E-state index contributed by atoms with van der Waals surface area (Å²) in [5.74, 6) is 0. The first-order chi connectivity index (χ1) is 8.11. The number of nitrogens with one attached hydrogen (secondary N) is 1. The molecule has 0 heterocycles. The van der Waals surface area contributed by atoms with E-state index in [0.717, 1.165) is 23.5 Å². The lowest BCUT2D eigenvalue weighted by Gasteiger charge is -2.29. The summed E-state index contributed by atoms with van der Waals surface area (Å²) in [4.78, 5) is 0. The Kier molecular flexibility index (Phi) is 4.26. The third kappa shape index (κ3) is 4.11. The normalized spacial score (nSPS) is 19.0. The van der Waals surface area contributed by atoms with Gasteiger partial charge in [0, 0.05) is 17.1 Å². The Morgan fingerprint density at radius 1 is 1.29 bits per heavy atom. The highest BCUT2D eigenvalue weighted by molar-refractivity contribution is 9.10. The van der Waals surface area contributed by atoms with Gasteiger partial charge in [-0.25, -0.2) is 0 Å². The molecule has 1 saturated carbocycles. The van der Waals surface area contributed by atoms with Gasteiger partial charge < -0.3 is 5.32 Å². The van der Waals surface area contributed by atoms with Crippen molar-refractivity contribution in [2.75, 3.05) is 6.54 Å². The highest BCUT2D eigenvalue weighted by Crippen LogP contribution is 2.28. The molecule has 1 unspecified atom stereocenters. The minimum atomic E-state index is 0.385. The molecule has 0 amide bonds. The largest absolute Gasteiger partial charge is 0.313 e. The first-order valence-electron chi connectivity index (χ1n) is 6.59. The Morgan fingerprint density at radius 3 is 2.47 bits per heavy atom. The Hall–Kier alpha value is -0.340. The van der Waals surface area contributed by atoms with E-state index in [-0.39, 0.29) is 0 Å². The lowest BCUT2D eigenvalue weighted by Crippen LogP contribution is -2.34. The second kappa shape index (κ2) is 5.53. The van der Waals surface area contributed by atoms with Crippen molar-refractivity contribution < 1.29 is 0 Å². The van der Waals surface area contributed by atoms with Crippen LogP contribution in [0.4, 0.5) is 0 Å². The van der Waals surface area contributed by atoms with Crippen LogP contribution in [0.1, 0.15) is 38.7 Å². The molecule has 0 aliphatic heterocycles. The van der Waals surface area contributed by atoms with Crippen LogP contribution in [0.2, 0.25) is 0 Å². The molecule has 1 aromatic rings. The molecule has 1 nitrogen and oxygen atoms in total. The van der Waals surface area contributed by atoms with E-state index in [9.17, 15) is 0 Å². The van der Waals surface area contributed by atoms with Gasteiger partial charge in [-0.05, 0) is 48.8 Å². The van der Waals surface area contributed by atoms with Gasteiger partial charge in [0.25, 0.3) is 0 Å². The average Bonchev–Trinajstić information content (AvgIpc) is 3.14. The monoisotopic (exact) mass is 295 g/mol. The maximum absolute atomic E-state index is 3.67. The summed E-state index contributed by atoms with van der Waals surface area (Å²) < 4.78 is 1.16. The van der Waals surface area contributed by atoms with Gasteiger partial charge in [-0.15, -0.1) is 0 Å². The summed E-state index contributed by atoms with van der Waals surface area (Å²) in [7, 11) is 0. The van der Waals surface area contributed by atoms with Crippen molar-refractivity contribution in [2.24, 2.45) is 5.41 Å². The Morgan fingerprint density at radius 2 is 1.94 bits per heavy atom. The predicted molar refractivity (Wildman–Crippen MR) is 77.3 cm³/mol. The maximum Gasteiger partial charge on any atom is 0.0175 e. The predicted octanol–water partition coefficient (Wildman–Crippen LogP) is 4.16. The van der Waals surface area contributed by atoms with Gasteiger partial charge in [-0.1, -0.05) is 41.9 Å². The van der Waals surface area contributed by atoms with Gasteiger partial charge in [-0.2, -0.15) is 0 Å². The molecule has 0 radical (unpaired) electrons. The molecule has 94 valence electrons. The quantitative estimate of drug-likeness (QED) is 0.831. The van der Waals surface area contributed by atoms with Crippen LogP contribution < -0.4 is 5.32 Å². The molecule has 1 aliphatic rings. The molecule has 17 heavy (non-hydrogen) atoms. The van der Waals surface area contributed by atoms with Gasteiger partial charge in [0.05, 0.1) is 0 Å². The molecule has 1 fully saturated rings. The average molecular weight is 296 g/mol. The van der Waals surface area contributed by atoms with Gasteiger partial charge in [-0.3, -0.25) is 0 Å². The molecule has 2 heteroatoms. The second-order valence-electron chi connectivity index (χ2n) is 5.62. The van der Waals surface area contributed by atoms with E-state index in [4.69, 9.17) is 0 Å². The Bertz CT molecular complexity index is 356. The third-order valence-corrected chi connectivity index (χ3v) is 4.32. The molecular weight excluding hydrogens is 274 g/mol. The van der Waals surface area contributed by atoms with Crippen LogP contribution in [-0.2, 0) is 6.42 Å². The second-order valence-corrected chi connectivity index (χ2v) is 6.54. The van der Waals surface area contributed by atoms with E-state index in [2.05, 4.69) is 59.4 Å². The van der Waals surface area contributed by atoms with Gasteiger partial charge >= 0.3 is 0 Å². The zero-order valence-electron chi connectivity index (χ0n) is 10.8. The molecular formula is C15H22BrN. The molecule has 0 bridgehead atoms. The molecule has 0 saturated heterocycles. The molecule has 1 atom stereocenters. The summed E-state index contributed by atoms with van der Waals surface area (Å²) in [6.07, 6.45) is 5.13. The van der Waals surface area contributed by atoms with Gasteiger partial charge in [0.15, 0.2) is 0 Å². The minimum absolute atomic E-state index is 0.385. The van der Waals surface area contributed by atoms with Crippen LogP contribution in [-0.4, -0.2) is 12.6 Å². The molecule has 0 spiro atoms. The maximum atomic E-state index is 3.67. The van der Waals surface area contributed by atoms with Crippen molar-refractivity contribution in [3.63, 3.8) is 0 Å². The van der Waals surface area contributed by atoms with E-state index in [1.54, 1.807) is 0 Å². The molecule has 1 aromatic carbocycles. The van der Waals surface area contributed by atoms with E-state index < -0.39 is 0 Å². The lowest BCUT2D eigenvalue weighted by atomic mass is 9.81. The fraction of sp³-hybridized carbons (Fsp3) is 0.600. The first kappa shape index (κ1) is 13.1. The standard InChI is InChI=1S/C15H22BrN/c1-3-15(2,11-17-14-8-9-14)10-12-4-6-13(16)7-5-12/h4-7,14,17H,3,8-11H2,1-2H3. The van der Waals surface area contributed by atoms with Crippen molar-refractivity contribution in [2.45, 2.75) is 45.6 Å². The van der Waals surface area contributed by atoms with Crippen molar-refractivity contribution in [1.29, 1.82) is 0 Å². The summed E-state index contributed by atoms with van der Waals surface area (Å²) >= 11 is 3.49. The zero-order valence-corrected chi connectivity index (χ0v) is 12.4. The van der Waals surface area contributed by atoms with E-state index in [1.165, 1.54) is 24.8 Å². The summed E-state index contributed by atoms with van der Waals surface area (Å²) in [6.45, 7) is 5.84. The van der Waals surface area contributed by atoms with Gasteiger partial charge in [0.1, 0.15) is 0 Å². The molecule has 0 aromatic heterocycles. The Labute approximate surface area is 113 Å². The summed E-state index contributed by atoms with van der Waals surface area (Å²) in [5, 5.41) is 3.67. The SMILES string of the molecule is CCC(C)(CNC1CC1)Cc1ccc(Br)cc1. The van der Waals surface area contributed by atoms with Crippen molar-refractivity contribution in [3.8, 4) is 0 Å². The highest BCUT2D eigenvalue weighted by atomic mass is 79.9.